The van der Waals surface area contributed by atoms with E-state index in [0.717, 1.165) is 10.9 Å². The van der Waals surface area contributed by atoms with E-state index in [1.54, 1.807) is 12.3 Å². The van der Waals surface area contributed by atoms with E-state index in [1.807, 2.05) is 6.07 Å². The van der Waals surface area contributed by atoms with Gasteiger partial charge in [-0.15, -0.1) is 0 Å². The number of aromatic nitrogens is 1. The number of halogens is 2. The number of rotatable bonds is 0. The van der Waals surface area contributed by atoms with E-state index in [-0.39, 0.29) is 0 Å². The van der Waals surface area contributed by atoms with E-state index in [1.165, 1.54) is 0 Å². The van der Waals surface area contributed by atoms with Gasteiger partial charge in [-0.3, -0.25) is 0 Å². The lowest BCUT2D eigenvalue weighted by Gasteiger charge is -1.93. The van der Waals surface area contributed by atoms with Gasteiger partial charge in [-0.2, -0.15) is 0 Å². The summed E-state index contributed by atoms with van der Waals surface area (Å²) in [7, 11) is 0. The molecule has 0 saturated heterocycles. The van der Waals surface area contributed by atoms with Crippen molar-refractivity contribution in [1.29, 1.82) is 0 Å². The summed E-state index contributed by atoms with van der Waals surface area (Å²) in [5, 5.41) is 2.16. The van der Waals surface area contributed by atoms with Crippen LogP contribution in [0.4, 0.5) is 0 Å². The van der Waals surface area contributed by atoms with E-state index in [2.05, 4.69) is 11.1 Å². The normalized spacial score (nSPS) is 10.7. The van der Waals surface area contributed by atoms with Crippen molar-refractivity contribution in [1.82, 2.24) is 4.98 Å². The van der Waals surface area contributed by atoms with Crippen molar-refractivity contribution in [2.75, 3.05) is 0 Å². The number of aromatic amines is 1. The number of fused-ring (bicyclic) bond motifs is 1. The summed E-state index contributed by atoms with van der Waals surface area (Å²) in [6, 6.07) is 6.49. The molecule has 1 nitrogen and oxygen atoms in total. The van der Waals surface area contributed by atoms with Gasteiger partial charge in [-0.05, 0) is 12.1 Å². The molecule has 0 atom stereocenters. The molecular weight excluding hydrogens is 181 g/mol. The minimum Gasteiger partial charge on any atom is -0.360 e. The number of hydrogen-bond donors (Lipinski definition) is 1. The number of hydrogen-bond acceptors (Lipinski definition) is 0. The standard InChI is InChI=1S/C8H4Cl2N/c9-5-3-7(10)6-1-2-11-8(6)4-5/h2-4,11H. The van der Waals surface area contributed by atoms with Gasteiger partial charge in [-0.25, -0.2) is 0 Å². The van der Waals surface area contributed by atoms with E-state index < -0.39 is 0 Å². The molecule has 0 fully saturated rings. The van der Waals surface area contributed by atoms with Gasteiger partial charge in [0.25, 0.3) is 0 Å². The van der Waals surface area contributed by atoms with Gasteiger partial charge in [0.2, 0.25) is 0 Å². The van der Waals surface area contributed by atoms with E-state index in [0.29, 0.717) is 10.0 Å². The molecule has 11 heavy (non-hydrogen) atoms. The first kappa shape index (κ1) is 7.01. The highest BCUT2D eigenvalue weighted by Crippen LogP contribution is 2.26. The van der Waals surface area contributed by atoms with Crippen LogP contribution in [0.1, 0.15) is 0 Å². The summed E-state index contributed by atoms with van der Waals surface area (Å²) in [5.41, 5.74) is 0.919. The minimum absolute atomic E-state index is 0.633. The molecule has 55 valence electrons. The Morgan fingerprint density at radius 2 is 2.09 bits per heavy atom. The van der Waals surface area contributed by atoms with Gasteiger partial charge in [0.15, 0.2) is 0 Å². The molecular formula is C8H4Cl2N. The zero-order valence-corrected chi connectivity index (χ0v) is 7.00. The molecule has 3 heteroatoms. The zero-order chi connectivity index (χ0) is 7.84. The lowest BCUT2D eigenvalue weighted by molar-refractivity contribution is 1.47. The second-order valence-electron chi connectivity index (χ2n) is 2.24. The van der Waals surface area contributed by atoms with Crippen LogP contribution in [-0.2, 0) is 0 Å². The second kappa shape index (κ2) is 2.43. The smallest absolute Gasteiger partial charge is 0.0520 e. The first-order valence-electron chi connectivity index (χ1n) is 3.11. The first-order chi connectivity index (χ1) is 5.27. The average molecular weight is 185 g/mol. The molecule has 1 aromatic carbocycles. The van der Waals surface area contributed by atoms with Crippen LogP contribution in [0.5, 0.6) is 0 Å². The molecule has 0 aliphatic rings. The summed E-state index contributed by atoms with van der Waals surface area (Å²) < 4.78 is 0. The zero-order valence-electron chi connectivity index (χ0n) is 5.49. The molecule has 1 aromatic heterocycles. The van der Waals surface area contributed by atoms with Crippen molar-refractivity contribution in [3.63, 3.8) is 0 Å². The Morgan fingerprint density at radius 3 is 2.91 bits per heavy atom. The molecule has 1 radical (unpaired) electrons. The fraction of sp³-hybridized carbons (Fsp3) is 0. The Morgan fingerprint density at radius 1 is 1.27 bits per heavy atom. The van der Waals surface area contributed by atoms with Crippen molar-refractivity contribution in [3.8, 4) is 0 Å². The van der Waals surface area contributed by atoms with Crippen molar-refractivity contribution in [2.45, 2.75) is 0 Å². The van der Waals surface area contributed by atoms with Crippen LogP contribution in [0, 0.1) is 6.07 Å². The van der Waals surface area contributed by atoms with Crippen LogP contribution in [0.2, 0.25) is 10.0 Å². The van der Waals surface area contributed by atoms with Crippen LogP contribution in [-0.4, -0.2) is 4.98 Å². The minimum atomic E-state index is 0.633. The van der Waals surface area contributed by atoms with Crippen LogP contribution in [0.15, 0.2) is 18.3 Å². The average Bonchev–Trinajstić information content (AvgIpc) is 2.34. The Hall–Kier alpha value is -0.660. The van der Waals surface area contributed by atoms with Gasteiger partial charge in [0.1, 0.15) is 0 Å². The molecule has 0 aliphatic heterocycles. The highest BCUT2D eigenvalue weighted by atomic mass is 35.5. The van der Waals surface area contributed by atoms with Crippen molar-refractivity contribution in [2.24, 2.45) is 0 Å². The molecule has 0 aliphatic carbocycles. The topological polar surface area (TPSA) is 15.8 Å². The summed E-state index contributed by atoms with van der Waals surface area (Å²) in [4.78, 5) is 2.98. The molecule has 2 rings (SSSR count). The summed E-state index contributed by atoms with van der Waals surface area (Å²) in [5.74, 6) is 0. The molecule has 0 spiro atoms. The fourth-order valence-corrected chi connectivity index (χ4v) is 1.57. The summed E-state index contributed by atoms with van der Waals surface area (Å²) >= 11 is 11.6. The van der Waals surface area contributed by atoms with Gasteiger partial charge >= 0.3 is 0 Å². The van der Waals surface area contributed by atoms with Gasteiger partial charge in [-0.1, -0.05) is 23.2 Å². The Kier molecular flexibility index (Phi) is 1.55. The van der Waals surface area contributed by atoms with Gasteiger partial charge in [0.05, 0.1) is 5.02 Å². The van der Waals surface area contributed by atoms with Crippen molar-refractivity contribution in [3.05, 3.63) is 34.4 Å². The molecule has 1 heterocycles. The third-order valence-electron chi connectivity index (χ3n) is 1.50. The van der Waals surface area contributed by atoms with E-state index in [4.69, 9.17) is 23.2 Å². The van der Waals surface area contributed by atoms with Gasteiger partial charge < -0.3 is 4.98 Å². The Balaban J connectivity index is 2.91. The largest absolute Gasteiger partial charge is 0.360 e. The molecule has 0 unspecified atom stereocenters. The monoisotopic (exact) mass is 184 g/mol. The second-order valence-corrected chi connectivity index (χ2v) is 3.09. The van der Waals surface area contributed by atoms with Crippen LogP contribution < -0.4 is 0 Å². The summed E-state index contributed by atoms with van der Waals surface area (Å²) in [6.07, 6.45) is 1.72. The molecule has 0 amide bonds. The number of nitrogens with one attached hydrogen (secondary N) is 1. The van der Waals surface area contributed by atoms with Crippen molar-refractivity contribution >= 4 is 34.1 Å². The SMILES string of the molecule is Clc1cc(Cl)c2[c]c[nH]c2c1. The highest BCUT2D eigenvalue weighted by Gasteiger charge is 2.00. The first-order valence-corrected chi connectivity index (χ1v) is 3.87. The maximum absolute atomic E-state index is 5.87. The van der Waals surface area contributed by atoms with E-state index in [9.17, 15) is 0 Å². The highest BCUT2D eigenvalue weighted by molar-refractivity contribution is 6.38. The molecule has 2 aromatic rings. The maximum atomic E-state index is 5.87. The molecule has 1 N–H and O–H groups in total. The lowest BCUT2D eigenvalue weighted by atomic mass is 10.2. The van der Waals surface area contributed by atoms with E-state index >= 15 is 0 Å². The predicted octanol–water partition coefficient (Wildman–Crippen LogP) is 3.27. The number of H-pyrrole nitrogens is 1. The Bertz CT molecular complexity index is 392. The fourth-order valence-electron chi connectivity index (χ4n) is 1.02. The molecule has 0 bridgehead atoms. The van der Waals surface area contributed by atoms with Crippen LogP contribution >= 0.6 is 23.2 Å². The summed E-state index contributed by atoms with van der Waals surface area (Å²) in [6.45, 7) is 0. The lowest BCUT2D eigenvalue weighted by Crippen LogP contribution is -1.69. The Labute approximate surface area is 73.9 Å². The quantitative estimate of drug-likeness (QED) is 0.648. The van der Waals surface area contributed by atoms with Crippen LogP contribution in [0.3, 0.4) is 0 Å². The number of benzene rings is 1. The predicted molar refractivity (Wildman–Crippen MR) is 47.2 cm³/mol. The molecule has 0 saturated carbocycles. The van der Waals surface area contributed by atoms with Gasteiger partial charge in [0, 0.05) is 28.2 Å². The maximum Gasteiger partial charge on any atom is 0.0520 e. The van der Waals surface area contributed by atoms with Crippen molar-refractivity contribution < 1.29 is 0 Å². The third-order valence-corrected chi connectivity index (χ3v) is 2.02. The van der Waals surface area contributed by atoms with Crippen LogP contribution in [0.25, 0.3) is 10.9 Å². The third kappa shape index (κ3) is 1.10.